The number of rotatable bonds is 6. The van der Waals surface area contributed by atoms with Gasteiger partial charge in [0.05, 0.1) is 7.11 Å². The molecule has 6 heteroatoms. The summed E-state index contributed by atoms with van der Waals surface area (Å²) in [6, 6.07) is 14.0. The number of ether oxygens (including phenoxy) is 1. The van der Waals surface area contributed by atoms with Crippen LogP contribution < -0.4 is 15.4 Å². The number of benzene rings is 2. The summed E-state index contributed by atoms with van der Waals surface area (Å²) in [5.74, 6) is -0.0153. The molecular formula is C17H17ClN2O3. The molecule has 0 aliphatic heterocycles. The monoisotopic (exact) mass is 332 g/mol. The van der Waals surface area contributed by atoms with E-state index in [0.717, 1.165) is 5.56 Å². The summed E-state index contributed by atoms with van der Waals surface area (Å²) >= 11 is 5.79. The second kappa shape index (κ2) is 8.19. The third kappa shape index (κ3) is 5.64. The highest BCUT2D eigenvalue weighted by Gasteiger charge is 2.09. The molecule has 2 N–H and O–H groups in total. The number of hydrogen-bond donors (Lipinski definition) is 2. The Morgan fingerprint density at radius 2 is 1.65 bits per heavy atom. The first-order valence-electron chi connectivity index (χ1n) is 7.02. The maximum absolute atomic E-state index is 11.8. The maximum atomic E-state index is 11.8. The van der Waals surface area contributed by atoms with Crippen molar-refractivity contribution >= 4 is 29.1 Å². The predicted molar refractivity (Wildman–Crippen MR) is 89.5 cm³/mol. The van der Waals surface area contributed by atoms with E-state index < -0.39 is 0 Å². The Morgan fingerprint density at radius 3 is 2.26 bits per heavy atom. The molecule has 2 rings (SSSR count). The van der Waals surface area contributed by atoms with E-state index in [-0.39, 0.29) is 18.2 Å². The van der Waals surface area contributed by atoms with Gasteiger partial charge in [-0.25, -0.2) is 0 Å². The van der Waals surface area contributed by atoms with Crippen LogP contribution in [-0.2, 0) is 16.1 Å². The van der Waals surface area contributed by atoms with Gasteiger partial charge in [-0.05, 0) is 42.0 Å². The van der Waals surface area contributed by atoms with Crippen molar-refractivity contribution in [2.24, 2.45) is 0 Å². The van der Waals surface area contributed by atoms with Gasteiger partial charge in [0.25, 0.3) is 0 Å². The van der Waals surface area contributed by atoms with E-state index in [9.17, 15) is 9.59 Å². The van der Waals surface area contributed by atoms with E-state index >= 15 is 0 Å². The molecule has 0 saturated carbocycles. The Kier molecular flexibility index (Phi) is 6.00. The van der Waals surface area contributed by atoms with Crippen molar-refractivity contribution in [2.45, 2.75) is 13.0 Å². The van der Waals surface area contributed by atoms with Gasteiger partial charge in [-0.2, -0.15) is 0 Å². The van der Waals surface area contributed by atoms with Crippen LogP contribution >= 0.6 is 11.6 Å². The molecule has 0 bridgehead atoms. The highest BCUT2D eigenvalue weighted by atomic mass is 35.5. The largest absolute Gasteiger partial charge is 0.497 e. The van der Waals surface area contributed by atoms with E-state index in [4.69, 9.17) is 16.3 Å². The Bertz CT molecular complexity index is 669. The average Bonchev–Trinajstić information content (AvgIpc) is 2.55. The Morgan fingerprint density at radius 1 is 1.00 bits per heavy atom. The molecule has 0 spiro atoms. The van der Waals surface area contributed by atoms with Crippen LogP contribution in [0.3, 0.4) is 0 Å². The highest BCUT2D eigenvalue weighted by Crippen LogP contribution is 2.15. The molecule has 2 amide bonds. The minimum absolute atomic E-state index is 0.236. The van der Waals surface area contributed by atoms with Gasteiger partial charge in [-0.1, -0.05) is 23.7 Å². The number of amides is 2. The van der Waals surface area contributed by atoms with Crippen LogP contribution in [0.2, 0.25) is 5.02 Å². The lowest BCUT2D eigenvalue weighted by molar-refractivity contribution is -0.126. The van der Waals surface area contributed by atoms with Crippen molar-refractivity contribution in [3.05, 3.63) is 59.1 Å². The molecule has 0 unspecified atom stereocenters. The van der Waals surface area contributed by atoms with Gasteiger partial charge in [0.2, 0.25) is 11.8 Å². The van der Waals surface area contributed by atoms with Crippen LogP contribution in [0.25, 0.3) is 0 Å². The molecule has 0 radical (unpaired) electrons. The molecule has 0 atom stereocenters. The molecule has 5 nitrogen and oxygen atoms in total. The zero-order valence-corrected chi connectivity index (χ0v) is 13.4. The van der Waals surface area contributed by atoms with Gasteiger partial charge in [-0.3, -0.25) is 9.59 Å². The summed E-state index contributed by atoms with van der Waals surface area (Å²) in [4.78, 5) is 23.6. The van der Waals surface area contributed by atoms with Crippen molar-refractivity contribution in [3.63, 3.8) is 0 Å². The van der Waals surface area contributed by atoms with E-state index in [1.165, 1.54) is 0 Å². The summed E-state index contributed by atoms with van der Waals surface area (Å²) in [5, 5.41) is 5.99. The fourth-order valence-corrected chi connectivity index (χ4v) is 2.02. The van der Waals surface area contributed by atoms with Gasteiger partial charge >= 0.3 is 0 Å². The standard InChI is InChI=1S/C17H17ClN2O3/c1-23-15-8-6-14(7-9-15)20-17(22)10-16(21)19-11-12-2-4-13(18)5-3-12/h2-9H,10-11H2,1H3,(H,19,21)(H,20,22). The van der Waals surface area contributed by atoms with Crippen molar-refractivity contribution in [1.82, 2.24) is 5.32 Å². The molecule has 0 aliphatic rings. The fourth-order valence-electron chi connectivity index (χ4n) is 1.89. The maximum Gasteiger partial charge on any atom is 0.233 e. The zero-order valence-electron chi connectivity index (χ0n) is 12.6. The first-order chi connectivity index (χ1) is 11.1. The SMILES string of the molecule is COc1ccc(NC(=O)CC(=O)NCc2ccc(Cl)cc2)cc1. The van der Waals surface area contributed by atoms with Crippen molar-refractivity contribution in [3.8, 4) is 5.75 Å². The molecule has 2 aromatic carbocycles. The van der Waals surface area contributed by atoms with E-state index in [1.807, 2.05) is 12.1 Å². The Hall–Kier alpha value is -2.53. The van der Waals surface area contributed by atoms with Crippen molar-refractivity contribution in [1.29, 1.82) is 0 Å². The van der Waals surface area contributed by atoms with Crippen LogP contribution in [0.15, 0.2) is 48.5 Å². The topological polar surface area (TPSA) is 67.4 Å². The summed E-state index contributed by atoms with van der Waals surface area (Å²) in [6.07, 6.45) is -0.236. The number of carbonyl (C=O) groups excluding carboxylic acids is 2. The minimum Gasteiger partial charge on any atom is -0.497 e. The van der Waals surface area contributed by atoms with Crippen LogP contribution in [0, 0.1) is 0 Å². The molecule has 0 aliphatic carbocycles. The van der Waals surface area contributed by atoms with Gasteiger partial charge in [0, 0.05) is 17.3 Å². The quantitative estimate of drug-likeness (QED) is 0.799. The predicted octanol–water partition coefficient (Wildman–Crippen LogP) is 2.99. The van der Waals surface area contributed by atoms with Gasteiger partial charge in [0.1, 0.15) is 12.2 Å². The second-order valence-corrected chi connectivity index (χ2v) is 5.29. The first kappa shape index (κ1) is 16.8. The zero-order chi connectivity index (χ0) is 16.7. The highest BCUT2D eigenvalue weighted by molar-refractivity contribution is 6.30. The van der Waals surface area contributed by atoms with Crippen LogP contribution in [0.4, 0.5) is 5.69 Å². The fraction of sp³-hybridized carbons (Fsp3) is 0.176. The number of hydrogen-bond acceptors (Lipinski definition) is 3. The molecule has 0 heterocycles. The number of methoxy groups -OCH3 is 1. The van der Waals surface area contributed by atoms with Crippen LogP contribution in [0.1, 0.15) is 12.0 Å². The molecular weight excluding hydrogens is 316 g/mol. The number of nitrogens with one attached hydrogen (secondary N) is 2. The van der Waals surface area contributed by atoms with E-state index in [1.54, 1.807) is 43.5 Å². The third-order valence-corrected chi connectivity index (χ3v) is 3.35. The van der Waals surface area contributed by atoms with E-state index in [2.05, 4.69) is 10.6 Å². The molecule has 0 aromatic heterocycles. The molecule has 2 aromatic rings. The second-order valence-electron chi connectivity index (χ2n) is 4.86. The van der Waals surface area contributed by atoms with Gasteiger partial charge in [-0.15, -0.1) is 0 Å². The Balaban J connectivity index is 1.77. The molecule has 0 saturated heterocycles. The van der Waals surface area contributed by atoms with Crippen molar-refractivity contribution in [2.75, 3.05) is 12.4 Å². The Labute approximate surface area is 139 Å². The molecule has 23 heavy (non-hydrogen) atoms. The number of anilines is 1. The van der Waals surface area contributed by atoms with Crippen LogP contribution in [-0.4, -0.2) is 18.9 Å². The smallest absolute Gasteiger partial charge is 0.233 e. The minimum atomic E-state index is -0.372. The lowest BCUT2D eigenvalue weighted by Crippen LogP contribution is -2.27. The van der Waals surface area contributed by atoms with Gasteiger partial charge in [0.15, 0.2) is 0 Å². The summed E-state index contributed by atoms with van der Waals surface area (Å²) in [7, 11) is 1.57. The average molecular weight is 333 g/mol. The van der Waals surface area contributed by atoms with E-state index in [0.29, 0.717) is 23.0 Å². The lowest BCUT2D eigenvalue weighted by atomic mass is 10.2. The number of carbonyl (C=O) groups is 2. The summed E-state index contributed by atoms with van der Waals surface area (Å²) in [6.45, 7) is 0.353. The van der Waals surface area contributed by atoms with Crippen LogP contribution in [0.5, 0.6) is 5.75 Å². The summed E-state index contributed by atoms with van der Waals surface area (Å²) in [5.41, 5.74) is 1.53. The van der Waals surface area contributed by atoms with Gasteiger partial charge < -0.3 is 15.4 Å². The molecule has 120 valence electrons. The summed E-state index contributed by atoms with van der Waals surface area (Å²) < 4.78 is 5.03. The lowest BCUT2D eigenvalue weighted by Gasteiger charge is -2.07. The normalized spacial score (nSPS) is 10.0. The third-order valence-electron chi connectivity index (χ3n) is 3.10. The first-order valence-corrected chi connectivity index (χ1v) is 7.39. The number of halogens is 1. The van der Waals surface area contributed by atoms with Crippen molar-refractivity contribution < 1.29 is 14.3 Å². The molecule has 0 fully saturated rings.